The average molecular weight is 425 g/mol. The summed E-state index contributed by atoms with van der Waals surface area (Å²) in [5, 5.41) is 14.3. The highest BCUT2D eigenvalue weighted by Crippen LogP contribution is 2.28. The van der Waals surface area contributed by atoms with Gasteiger partial charge in [0.2, 0.25) is 15.9 Å². The lowest BCUT2D eigenvalue weighted by Gasteiger charge is -2.19. The third-order valence-electron chi connectivity index (χ3n) is 4.19. The molecule has 0 atom stereocenters. The zero-order valence-corrected chi connectivity index (χ0v) is 17.5. The number of hydrogen-bond donors (Lipinski definition) is 2. The molecule has 2 N–H and O–H groups in total. The normalized spacial score (nSPS) is 11.5. The number of carbonyl (C=O) groups excluding carboxylic acids is 2. The molecule has 1 aromatic carbocycles. The van der Waals surface area contributed by atoms with Crippen LogP contribution in [0, 0.1) is 0 Å². The molecule has 0 aliphatic rings. The molecule has 0 radical (unpaired) electrons. The number of hydrogen-bond acceptors (Lipinski definition) is 6. The second-order valence-electron chi connectivity index (χ2n) is 6.07. The number of rotatable bonds is 10. The average Bonchev–Trinajstić information content (AvgIpc) is 3.19. The first kappa shape index (κ1) is 22.1. The first-order valence-corrected chi connectivity index (χ1v) is 11.3. The van der Waals surface area contributed by atoms with Crippen LogP contribution in [0.2, 0.25) is 0 Å². The molecule has 2 rings (SSSR count). The van der Waals surface area contributed by atoms with Gasteiger partial charge in [-0.3, -0.25) is 9.59 Å². The number of sulfonamides is 1. The Morgan fingerprint density at radius 1 is 1.14 bits per heavy atom. The highest BCUT2D eigenvalue weighted by Gasteiger charge is 2.23. The van der Waals surface area contributed by atoms with Crippen molar-refractivity contribution >= 4 is 38.7 Å². The third kappa shape index (κ3) is 5.40. The van der Waals surface area contributed by atoms with Gasteiger partial charge in [-0.1, -0.05) is 19.9 Å². The molecule has 0 fully saturated rings. The number of thiophene rings is 1. The second kappa shape index (κ2) is 9.81. The summed E-state index contributed by atoms with van der Waals surface area (Å²) in [6, 6.07) is 7.34. The van der Waals surface area contributed by atoms with Crippen LogP contribution in [0.5, 0.6) is 5.75 Å². The number of carbonyl (C=O) groups is 2. The van der Waals surface area contributed by atoms with Gasteiger partial charge in [0.15, 0.2) is 5.78 Å². The van der Waals surface area contributed by atoms with Crippen molar-refractivity contribution in [2.45, 2.75) is 38.0 Å². The number of benzene rings is 1. The van der Waals surface area contributed by atoms with E-state index in [1.807, 2.05) is 5.38 Å². The van der Waals surface area contributed by atoms with Crippen molar-refractivity contribution < 1.29 is 23.1 Å². The zero-order chi connectivity index (χ0) is 20.7. The Kier molecular flexibility index (Phi) is 7.73. The monoisotopic (exact) mass is 424 g/mol. The molecule has 0 saturated heterocycles. The molecule has 28 heavy (non-hydrogen) atoms. The number of nitrogens with zero attached hydrogens (tertiary/aromatic N) is 1. The molecule has 152 valence electrons. The SMILES string of the molecule is CCN(CC)S(=O)(=O)c1ccc(O)c(NC(=O)CCCC(=O)c2cccs2)c1. The Labute approximate surface area is 169 Å². The molecule has 0 bridgehead atoms. The summed E-state index contributed by atoms with van der Waals surface area (Å²) in [4.78, 5) is 24.7. The Hall–Kier alpha value is -2.23. The van der Waals surface area contributed by atoms with E-state index in [1.54, 1.807) is 26.0 Å². The van der Waals surface area contributed by atoms with Crippen LogP contribution in [0.25, 0.3) is 0 Å². The van der Waals surface area contributed by atoms with Gasteiger partial charge in [-0.25, -0.2) is 8.42 Å². The van der Waals surface area contributed by atoms with E-state index in [4.69, 9.17) is 0 Å². The van der Waals surface area contributed by atoms with E-state index in [0.717, 1.165) is 0 Å². The molecule has 0 aliphatic carbocycles. The van der Waals surface area contributed by atoms with Crippen molar-refractivity contribution in [3.05, 3.63) is 40.6 Å². The van der Waals surface area contributed by atoms with Crippen LogP contribution in [-0.2, 0) is 14.8 Å². The summed E-state index contributed by atoms with van der Waals surface area (Å²) in [6.45, 7) is 4.11. The largest absolute Gasteiger partial charge is 0.506 e. The first-order valence-electron chi connectivity index (χ1n) is 8.99. The molecule has 9 heteroatoms. The summed E-state index contributed by atoms with van der Waals surface area (Å²) in [5.74, 6) is -0.633. The molecule has 7 nitrogen and oxygen atoms in total. The molecule has 0 saturated carbocycles. The maximum atomic E-state index is 12.6. The summed E-state index contributed by atoms with van der Waals surface area (Å²) < 4.78 is 26.5. The van der Waals surface area contributed by atoms with Crippen molar-refractivity contribution in [2.24, 2.45) is 0 Å². The van der Waals surface area contributed by atoms with Crippen LogP contribution < -0.4 is 5.32 Å². The van der Waals surface area contributed by atoms with E-state index in [0.29, 0.717) is 24.4 Å². The number of phenols is 1. The van der Waals surface area contributed by atoms with E-state index in [1.165, 1.54) is 33.8 Å². The van der Waals surface area contributed by atoms with Crippen molar-refractivity contribution in [3.63, 3.8) is 0 Å². The Balaban J connectivity index is 2.01. The van der Waals surface area contributed by atoms with Gasteiger partial charge in [-0.2, -0.15) is 4.31 Å². The Morgan fingerprint density at radius 3 is 2.46 bits per heavy atom. The second-order valence-corrected chi connectivity index (χ2v) is 8.96. The predicted molar refractivity (Wildman–Crippen MR) is 109 cm³/mol. The molecule has 1 amide bonds. The van der Waals surface area contributed by atoms with Crippen LogP contribution in [0.15, 0.2) is 40.6 Å². The van der Waals surface area contributed by atoms with Crippen LogP contribution in [0.1, 0.15) is 42.8 Å². The molecule has 1 aromatic heterocycles. The van der Waals surface area contributed by atoms with Crippen molar-refractivity contribution in [1.82, 2.24) is 4.31 Å². The fourth-order valence-corrected chi connectivity index (χ4v) is 4.85. The quantitative estimate of drug-likeness (QED) is 0.449. The predicted octanol–water partition coefficient (Wildman–Crippen LogP) is 3.48. The minimum atomic E-state index is -3.70. The van der Waals surface area contributed by atoms with Crippen LogP contribution in [0.4, 0.5) is 5.69 Å². The molecule has 0 spiro atoms. The number of Topliss-reactive ketones (excluding diaryl/α,β-unsaturated/α-hetero) is 1. The molecule has 1 heterocycles. The number of ketones is 1. The van der Waals surface area contributed by atoms with Gasteiger partial charge in [0.25, 0.3) is 0 Å². The van der Waals surface area contributed by atoms with Crippen molar-refractivity contribution in [2.75, 3.05) is 18.4 Å². The summed E-state index contributed by atoms with van der Waals surface area (Å²) in [6.07, 6.45) is 0.695. The fourth-order valence-electron chi connectivity index (χ4n) is 2.67. The van der Waals surface area contributed by atoms with E-state index in [2.05, 4.69) is 5.32 Å². The molecule has 0 aliphatic heterocycles. The highest BCUT2D eigenvalue weighted by molar-refractivity contribution is 7.89. The van der Waals surface area contributed by atoms with E-state index < -0.39 is 15.9 Å². The van der Waals surface area contributed by atoms with E-state index >= 15 is 0 Å². The van der Waals surface area contributed by atoms with Crippen LogP contribution in [0.3, 0.4) is 0 Å². The van der Waals surface area contributed by atoms with Crippen LogP contribution >= 0.6 is 11.3 Å². The maximum absolute atomic E-state index is 12.6. The number of amides is 1. The smallest absolute Gasteiger partial charge is 0.243 e. The first-order chi connectivity index (χ1) is 13.3. The van der Waals surface area contributed by atoms with E-state index in [-0.39, 0.29) is 35.0 Å². The standard InChI is InChI=1S/C19H24N2O5S2/c1-3-21(4-2)28(25,26)14-10-11-16(22)15(13-14)20-19(24)9-5-7-17(23)18-8-6-12-27-18/h6,8,10-13,22H,3-5,7,9H2,1-2H3,(H,20,24). The Bertz CT molecular complexity index is 920. The molecular formula is C19H24N2O5S2. The minimum absolute atomic E-state index is 0.00262. The molecular weight excluding hydrogens is 400 g/mol. The van der Waals surface area contributed by atoms with Gasteiger partial charge in [-0.05, 0) is 36.1 Å². The van der Waals surface area contributed by atoms with Gasteiger partial charge in [0, 0.05) is 25.9 Å². The minimum Gasteiger partial charge on any atom is -0.506 e. The molecule has 0 unspecified atom stereocenters. The lowest BCUT2D eigenvalue weighted by Crippen LogP contribution is -2.30. The van der Waals surface area contributed by atoms with E-state index in [9.17, 15) is 23.1 Å². The van der Waals surface area contributed by atoms with Gasteiger partial charge < -0.3 is 10.4 Å². The lowest BCUT2D eigenvalue weighted by atomic mass is 10.1. The van der Waals surface area contributed by atoms with Crippen molar-refractivity contribution in [1.29, 1.82) is 0 Å². The van der Waals surface area contributed by atoms with Gasteiger partial charge in [-0.15, -0.1) is 11.3 Å². The topological polar surface area (TPSA) is 104 Å². The number of aromatic hydroxyl groups is 1. The third-order valence-corrected chi connectivity index (χ3v) is 7.15. The highest BCUT2D eigenvalue weighted by atomic mass is 32.2. The summed E-state index contributed by atoms with van der Waals surface area (Å²) >= 11 is 1.36. The maximum Gasteiger partial charge on any atom is 0.243 e. The number of phenolic OH excluding ortho intramolecular Hbond substituents is 1. The Morgan fingerprint density at radius 2 is 1.86 bits per heavy atom. The van der Waals surface area contributed by atoms with Gasteiger partial charge >= 0.3 is 0 Å². The van der Waals surface area contributed by atoms with Crippen LogP contribution in [-0.4, -0.2) is 42.6 Å². The van der Waals surface area contributed by atoms with Gasteiger partial charge in [0.05, 0.1) is 15.5 Å². The summed E-state index contributed by atoms with van der Waals surface area (Å²) in [7, 11) is -3.70. The lowest BCUT2D eigenvalue weighted by molar-refractivity contribution is -0.116. The molecule has 2 aromatic rings. The number of anilines is 1. The number of nitrogens with one attached hydrogen (secondary N) is 1. The fraction of sp³-hybridized carbons (Fsp3) is 0.368. The van der Waals surface area contributed by atoms with Gasteiger partial charge in [0.1, 0.15) is 5.75 Å². The van der Waals surface area contributed by atoms with Crippen molar-refractivity contribution in [3.8, 4) is 5.75 Å². The zero-order valence-electron chi connectivity index (χ0n) is 15.8. The summed E-state index contributed by atoms with van der Waals surface area (Å²) in [5.41, 5.74) is 0.0304.